The Morgan fingerprint density at radius 3 is 2.67 bits per heavy atom. The van der Waals surface area contributed by atoms with Gasteiger partial charge in [0.05, 0.1) is 17.6 Å². The summed E-state index contributed by atoms with van der Waals surface area (Å²) < 4.78 is 1.98. The van der Waals surface area contributed by atoms with Crippen LogP contribution < -0.4 is 10.6 Å². The van der Waals surface area contributed by atoms with Gasteiger partial charge in [-0.1, -0.05) is 13.3 Å². The molecule has 0 saturated carbocycles. The number of anilines is 1. The maximum atomic E-state index is 12.4. The van der Waals surface area contributed by atoms with Crippen LogP contribution in [0.2, 0.25) is 0 Å². The van der Waals surface area contributed by atoms with Gasteiger partial charge < -0.3 is 15.5 Å². The molecule has 2 saturated heterocycles. The Morgan fingerprint density at radius 2 is 2.04 bits per heavy atom. The molecule has 2 amide bonds. The molecule has 2 bridgehead atoms. The van der Waals surface area contributed by atoms with Crippen molar-refractivity contribution in [1.29, 1.82) is 0 Å². The first-order chi connectivity index (χ1) is 11.5. The van der Waals surface area contributed by atoms with Gasteiger partial charge in [-0.15, -0.1) is 0 Å². The van der Waals surface area contributed by atoms with Crippen LogP contribution in [0.4, 0.5) is 10.5 Å². The molecule has 0 aliphatic carbocycles. The van der Waals surface area contributed by atoms with Gasteiger partial charge in [0.15, 0.2) is 0 Å². The summed E-state index contributed by atoms with van der Waals surface area (Å²) in [4.78, 5) is 14.9. The van der Waals surface area contributed by atoms with E-state index < -0.39 is 0 Å². The summed E-state index contributed by atoms with van der Waals surface area (Å²) in [5.41, 5.74) is 1.82. The minimum Gasteiger partial charge on any atom is -0.335 e. The summed E-state index contributed by atoms with van der Waals surface area (Å²) in [7, 11) is 2.23. The van der Waals surface area contributed by atoms with Crippen LogP contribution in [0.15, 0.2) is 6.20 Å². The number of hydrogen-bond acceptors (Lipinski definition) is 3. The summed E-state index contributed by atoms with van der Waals surface area (Å²) in [6, 6.07) is 1.77. The molecule has 1 aromatic rings. The maximum Gasteiger partial charge on any atom is 0.319 e. The van der Waals surface area contributed by atoms with E-state index in [1.54, 1.807) is 6.20 Å². The average molecular weight is 333 g/mol. The highest BCUT2D eigenvalue weighted by Crippen LogP contribution is 2.32. The molecule has 3 unspecified atom stereocenters. The SMILES string of the molecule is CCC(C)n1ncc(NC(=O)NC2CC3CCCC(C2)N3C)c1C. The molecule has 1 aromatic heterocycles. The lowest BCUT2D eigenvalue weighted by atomic mass is 9.82. The fraction of sp³-hybridized carbons (Fsp3) is 0.778. The molecule has 24 heavy (non-hydrogen) atoms. The molecule has 3 heterocycles. The Morgan fingerprint density at radius 1 is 1.38 bits per heavy atom. The summed E-state index contributed by atoms with van der Waals surface area (Å²) in [6.07, 6.45) is 8.74. The number of piperidine rings is 2. The number of fused-ring (bicyclic) bond motifs is 2. The standard InChI is InChI=1S/C18H31N5O/c1-5-12(2)23-13(3)17(11-19-23)21-18(24)20-14-9-15-7-6-8-16(10-14)22(15)4/h11-12,14-16H,5-10H2,1-4H3,(H2,20,21,24). The maximum absolute atomic E-state index is 12.4. The number of carbonyl (C=O) groups is 1. The van der Waals surface area contributed by atoms with Gasteiger partial charge in [0.2, 0.25) is 0 Å². The highest BCUT2D eigenvalue weighted by atomic mass is 16.2. The zero-order valence-electron chi connectivity index (χ0n) is 15.4. The Bertz CT molecular complexity index is 570. The molecule has 0 spiro atoms. The van der Waals surface area contributed by atoms with Crippen LogP contribution >= 0.6 is 0 Å². The average Bonchev–Trinajstić information content (AvgIpc) is 2.88. The van der Waals surface area contributed by atoms with Crippen LogP contribution in [-0.2, 0) is 0 Å². The fourth-order valence-corrected chi connectivity index (χ4v) is 4.24. The van der Waals surface area contributed by atoms with Crippen LogP contribution in [0.25, 0.3) is 0 Å². The topological polar surface area (TPSA) is 62.2 Å². The first-order valence-corrected chi connectivity index (χ1v) is 9.33. The molecular formula is C18H31N5O. The van der Waals surface area contributed by atoms with E-state index in [-0.39, 0.29) is 12.1 Å². The number of aromatic nitrogens is 2. The molecular weight excluding hydrogens is 302 g/mol. The van der Waals surface area contributed by atoms with Crippen LogP contribution in [0.1, 0.15) is 64.1 Å². The van der Waals surface area contributed by atoms with Gasteiger partial charge in [-0.3, -0.25) is 4.68 Å². The zero-order chi connectivity index (χ0) is 17.3. The van der Waals surface area contributed by atoms with Crippen molar-refractivity contribution in [2.75, 3.05) is 12.4 Å². The van der Waals surface area contributed by atoms with Gasteiger partial charge >= 0.3 is 6.03 Å². The molecule has 2 fully saturated rings. The third-order valence-electron chi connectivity index (χ3n) is 5.98. The van der Waals surface area contributed by atoms with E-state index in [4.69, 9.17) is 0 Å². The minimum absolute atomic E-state index is 0.102. The number of nitrogens with one attached hydrogen (secondary N) is 2. The summed E-state index contributed by atoms with van der Waals surface area (Å²) >= 11 is 0. The third-order valence-corrected chi connectivity index (χ3v) is 5.98. The van der Waals surface area contributed by atoms with E-state index in [2.05, 4.69) is 41.5 Å². The quantitative estimate of drug-likeness (QED) is 0.889. The first-order valence-electron chi connectivity index (χ1n) is 9.33. The van der Waals surface area contributed by atoms with E-state index in [1.807, 2.05) is 11.6 Å². The Balaban J connectivity index is 1.57. The van der Waals surface area contributed by atoms with Crippen LogP contribution in [0.5, 0.6) is 0 Å². The molecule has 2 aliphatic rings. The van der Waals surface area contributed by atoms with E-state index in [0.29, 0.717) is 18.1 Å². The molecule has 6 heteroatoms. The lowest BCUT2D eigenvalue weighted by molar-refractivity contribution is 0.0513. The number of amides is 2. The second kappa shape index (κ2) is 7.13. The monoisotopic (exact) mass is 333 g/mol. The van der Waals surface area contributed by atoms with E-state index >= 15 is 0 Å². The largest absolute Gasteiger partial charge is 0.335 e. The summed E-state index contributed by atoms with van der Waals surface area (Å²) in [6.45, 7) is 6.29. The van der Waals surface area contributed by atoms with Crippen LogP contribution in [0.3, 0.4) is 0 Å². The molecule has 3 atom stereocenters. The smallest absolute Gasteiger partial charge is 0.319 e. The van der Waals surface area contributed by atoms with Crippen molar-refractivity contribution in [2.24, 2.45) is 0 Å². The molecule has 2 N–H and O–H groups in total. The van der Waals surface area contributed by atoms with Crippen molar-refractivity contribution in [2.45, 2.75) is 83.5 Å². The first kappa shape index (κ1) is 17.3. The van der Waals surface area contributed by atoms with E-state index in [9.17, 15) is 4.79 Å². The van der Waals surface area contributed by atoms with Crippen LogP contribution in [0, 0.1) is 6.92 Å². The number of carbonyl (C=O) groups excluding carboxylic acids is 1. The summed E-state index contributed by atoms with van der Waals surface area (Å²) in [5, 5.41) is 10.6. The molecule has 6 nitrogen and oxygen atoms in total. The molecule has 134 valence electrons. The molecule has 3 rings (SSSR count). The van der Waals surface area contributed by atoms with Crippen LogP contribution in [-0.4, -0.2) is 45.9 Å². The second-order valence-corrected chi connectivity index (χ2v) is 7.52. The Labute approximate surface area is 145 Å². The van der Waals surface area contributed by atoms with Gasteiger partial charge in [0, 0.05) is 24.2 Å². The number of nitrogens with zero attached hydrogens (tertiary/aromatic N) is 3. The third kappa shape index (κ3) is 3.43. The normalized spacial score (nSPS) is 28.4. The van der Waals surface area contributed by atoms with Gasteiger partial charge in [-0.2, -0.15) is 5.10 Å². The van der Waals surface area contributed by atoms with Crippen molar-refractivity contribution in [3.63, 3.8) is 0 Å². The van der Waals surface area contributed by atoms with Crippen molar-refractivity contribution >= 4 is 11.7 Å². The van der Waals surface area contributed by atoms with Crippen molar-refractivity contribution < 1.29 is 4.79 Å². The molecule has 2 aliphatic heterocycles. The lowest BCUT2D eigenvalue weighted by Gasteiger charge is -2.47. The summed E-state index contributed by atoms with van der Waals surface area (Å²) in [5.74, 6) is 0. The van der Waals surface area contributed by atoms with E-state index in [1.165, 1.54) is 19.3 Å². The van der Waals surface area contributed by atoms with Gasteiger partial charge in [0.1, 0.15) is 0 Å². The van der Waals surface area contributed by atoms with Gasteiger partial charge in [-0.05, 0) is 53.0 Å². The second-order valence-electron chi connectivity index (χ2n) is 7.52. The Kier molecular flexibility index (Phi) is 5.13. The Hall–Kier alpha value is -1.56. The van der Waals surface area contributed by atoms with Gasteiger partial charge in [-0.25, -0.2) is 4.79 Å². The molecule has 0 radical (unpaired) electrons. The minimum atomic E-state index is -0.102. The lowest BCUT2D eigenvalue weighted by Crippen LogP contribution is -2.55. The van der Waals surface area contributed by atoms with Gasteiger partial charge in [0.25, 0.3) is 0 Å². The van der Waals surface area contributed by atoms with E-state index in [0.717, 1.165) is 30.6 Å². The number of urea groups is 1. The predicted octanol–water partition coefficient (Wildman–Crippen LogP) is 3.30. The molecule has 0 aromatic carbocycles. The van der Waals surface area contributed by atoms with Crippen molar-refractivity contribution in [3.8, 4) is 0 Å². The zero-order valence-corrected chi connectivity index (χ0v) is 15.4. The fourth-order valence-electron chi connectivity index (χ4n) is 4.24. The van der Waals surface area contributed by atoms with Crippen molar-refractivity contribution in [3.05, 3.63) is 11.9 Å². The number of hydrogen-bond donors (Lipinski definition) is 2. The number of rotatable bonds is 4. The predicted molar refractivity (Wildman–Crippen MR) is 96.3 cm³/mol. The van der Waals surface area contributed by atoms with Crippen molar-refractivity contribution in [1.82, 2.24) is 20.0 Å². The highest BCUT2D eigenvalue weighted by Gasteiger charge is 2.36. The highest BCUT2D eigenvalue weighted by molar-refractivity contribution is 5.89.